The number of carbonyl (C=O) groups excluding carboxylic acids is 1. The van der Waals surface area contributed by atoms with Gasteiger partial charge in [0.2, 0.25) is 0 Å². The van der Waals surface area contributed by atoms with Gasteiger partial charge < -0.3 is 19.9 Å². The van der Waals surface area contributed by atoms with Gasteiger partial charge >= 0.3 is 5.97 Å². The first kappa shape index (κ1) is 19.8. The van der Waals surface area contributed by atoms with Gasteiger partial charge in [0.15, 0.2) is 0 Å². The van der Waals surface area contributed by atoms with Crippen molar-refractivity contribution < 1.29 is 27.4 Å². The average molecular weight is 363 g/mol. The highest BCUT2D eigenvalue weighted by Crippen LogP contribution is 2.06. The molecule has 1 atom stereocenters. The Balaban J connectivity index is 2.01. The van der Waals surface area contributed by atoms with Gasteiger partial charge in [0, 0.05) is 16.9 Å². The van der Waals surface area contributed by atoms with Crippen LogP contribution in [0.2, 0.25) is 0 Å². The van der Waals surface area contributed by atoms with Crippen molar-refractivity contribution in [2.75, 3.05) is 51.6 Å². The molecule has 1 aromatic carbocycles. The number of hydrogen-bond acceptors (Lipinski definition) is 8. The van der Waals surface area contributed by atoms with Crippen molar-refractivity contribution in [1.29, 1.82) is 0 Å². The zero-order valence-corrected chi connectivity index (χ0v) is 14.5. The molecule has 0 amide bonds. The van der Waals surface area contributed by atoms with E-state index < -0.39 is 14.7 Å². The Kier molecular flexibility index (Phi) is 9.03. The maximum Gasteiger partial charge on any atom is 0.338 e. The second kappa shape index (κ2) is 10.5. The molecule has 0 bridgehead atoms. The summed E-state index contributed by atoms with van der Waals surface area (Å²) in [7, 11) is -1.35. The first-order chi connectivity index (χ1) is 10.9. The van der Waals surface area contributed by atoms with Crippen LogP contribution >= 0.6 is 0 Å². The number of anilines is 1. The Morgan fingerprint density at radius 3 is 2.26 bits per heavy atom. The van der Waals surface area contributed by atoms with Crippen molar-refractivity contribution in [3.63, 3.8) is 0 Å². The van der Waals surface area contributed by atoms with Crippen molar-refractivity contribution in [2.24, 2.45) is 0 Å². The van der Waals surface area contributed by atoms with Gasteiger partial charge in [-0.05, 0) is 24.3 Å². The summed E-state index contributed by atoms with van der Waals surface area (Å²) in [5.74, 6) is -0.262. The molecule has 1 aromatic rings. The van der Waals surface area contributed by atoms with Crippen LogP contribution in [0, 0.1) is 0 Å². The third kappa shape index (κ3) is 8.82. The molecule has 0 aliphatic rings. The molecule has 130 valence electrons. The summed E-state index contributed by atoms with van der Waals surface area (Å²) in [6.07, 6.45) is 0. The quantitative estimate of drug-likeness (QED) is 0.350. The van der Waals surface area contributed by atoms with Crippen LogP contribution in [0.3, 0.4) is 0 Å². The van der Waals surface area contributed by atoms with E-state index in [9.17, 15) is 9.00 Å². The van der Waals surface area contributed by atoms with Gasteiger partial charge in [-0.2, -0.15) is 0 Å². The summed E-state index contributed by atoms with van der Waals surface area (Å²) < 4.78 is 31.5. The third-order valence-corrected chi connectivity index (χ3v) is 4.79. The van der Waals surface area contributed by atoms with Crippen LogP contribution in [0.4, 0.5) is 5.69 Å². The molecule has 7 nitrogen and oxygen atoms in total. The molecular formula is C14H21NO6S2. The Morgan fingerprint density at radius 2 is 1.65 bits per heavy atom. The molecule has 0 saturated heterocycles. The molecule has 0 aromatic heterocycles. The largest absolute Gasteiger partial charge is 0.460 e. The third-order valence-electron chi connectivity index (χ3n) is 2.71. The van der Waals surface area contributed by atoms with Crippen LogP contribution in [-0.4, -0.2) is 56.1 Å². The van der Waals surface area contributed by atoms with Crippen molar-refractivity contribution in [3.8, 4) is 0 Å². The molecule has 0 heterocycles. The number of esters is 1. The van der Waals surface area contributed by atoms with E-state index in [0.29, 0.717) is 24.5 Å². The van der Waals surface area contributed by atoms with E-state index in [0.717, 1.165) is 0 Å². The number of nitrogens with two attached hydrogens (primary N) is 1. The average Bonchev–Trinajstić information content (AvgIpc) is 2.53. The monoisotopic (exact) mass is 363 g/mol. The van der Waals surface area contributed by atoms with Crippen molar-refractivity contribution in [3.05, 3.63) is 29.8 Å². The van der Waals surface area contributed by atoms with Gasteiger partial charge in [-0.3, -0.25) is 4.18 Å². The molecule has 0 radical (unpaired) electrons. The van der Waals surface area contributed by atoms with Crippen LogP contribution in [0.5, 0.6) is 0 Å². The maximum absolute atomic E-state index is 11.7. The first-order valence-electron chi connectivity index (χ1n) is 6.91. The number of carbonyl (C=O) groups is 1. The minimum atomic E-state index is -2.66. The van der Waals surface area contributed by atoms with Crippen LogP contribution in [0.1, 0.15) is 10.4 Å². The van der Waals surface area contributed by atoms with Crippen molar-refractivity contribution in [2.45, 2.75) is 0 Å². The van der Waals surface area contributed by atoms with E-state index >= 15 is 0 Å². The maximum atomic E-state index is 11.7. The summed E-state index contributed by atoms with van der Waals surface area (Å²) in [5, 5.41) is 0. The number of benzene rings is 1. The van der Waals surface area contributed by atoms with Gasteiger partial charge in [0.25, 0.3) is 0 Å². The van der Waals surface area contributed by atoms with E-state index in [2.05, 4.69) is 4.18 Å². The smallest absolute Gasteiger partial charge is 0.338 e. The molecule has 2 N–H and O–H groups in total. The SMILES string of the molecule is COS(=O)(=S)CCOCCOCCOC(=O)c1ccc(N)cc1. The molecule has 0 aliphatic heterocycles. The van der Waals surface area contributed by atoms with Crippen LogP contribution in [0.15, 0.2) is 24.3 Å². The van der Waals surface area contributed by atoms with E-state index in [4.69, 9.17) is 31.1 Å². The Morgan fingerprint density at radius 1 is 1.09 bits per heavy atom. The minimum Gasteiger partial charge on any atom is -0.460 e. The molecule has 1 unspecified atom stereocenters. The van der Waals surface area contributed by atoms with E-state index in [-0.39, 0.29) is 25.6 Å². The highest BCUT2D eigenvalue weighted by Gasteiger charge is 2.06. The van der Waals surface area contributed by atoms with Crippen molar-refractivity contribution in [1.82, 2.24) is 0 Å². The summed E-state index contributed by atoms with van der Waals surface area (Å²) in [5.41, 5.74) is 6.56. The normalized spacial score (nSPS) is 13.4. The number of nitrogen functional groups attached to an aromatic ring is 1. The van der Waals surface area contributed by atoms with Crippen LogP contribution in [-0.2, 0) is 38.4 Å². The summed E-state index contributed by atoms with van der Waals surface area (Å²) >= 11 is 4.69. The van der Waals surface area contributed by atoms with Gasteiger partial charge in [0.05, 0.1) is 44.9 Å². The molecule has 1 rings (SSSR count). The lowest BCUT2D eigenvalue weighted by atomic mass is 10.2. The Hall–Kier alpha value is -1.26. The lowest BCUT2D eigenvalue weighted by Crippen LogP contribution is -2.16. The number of ether oxygens (including phenoxy) is 3. The number of hydrogen-bond donors (Lipinski definition) is 1. The fourth-order valence-electron chi connectivity index (χ4n) is 1.46. The lowest BCUT2D eigenvalue weighted by molar-refractivity contribution is 0.0165. The molecule has 23 heavy (non-hydrogen) atoms. The van der Waals surface area contributed by atoms with Gasteiger partial charge in [-0.25, -0.2) is 9.00 Å². The Bertz CT molecular complexity index is 573. The first-order valence-corrected chi connectivity index (χ1v) is 9.49. The molecule has 0 saturated carbocycles. The van der Waals surface area contributed by atoms with E-state index in [1.807, 2.05) is 0 Å². The van der Waals surface area contributed by atoms with E-state index in [1.54, 1.807) is 24.3 Å². The zero-order valence-electron chi connectivity index (χ0n) is 12.9. The highest BCUT2D eigenvalue weighted by molar-refractivity contribution is 8.30. The highest BCUT2D eigenvalue weighted by atomic mass is 32.8. The van der Waals surface area contributed by atoms with Crippen molar-refractivity contribution >= 4 is 31.6 Å². The fourth-order valence-corrected chi connectivity index (χ4v) is 2.15. The zero-order chi connectivity index (χ0) is 17.1. The summed E-state index contributed by atoms with van der Waals surface area (Å²) in [4.78, 5) is 11.7. The summed E-state index contributed by atoms with van der Waals surface area (Å²) in [6, 6.07) is 6.47. The fraction of sp³-hybridized carbons (Fsp3) is 0.500. The second-order valence-electron chi connectivity index (χ2n) is 4.41. The number of rotatable bonds is 11. The predicted octanol–water partition coefficient (Wildman–Crippen LogP) is 0.766. The predicted molar refractivity (Wildman–Crippen MR) is 90.2 cm³/mol. The molecular weight excluding hydrogens is 342 g/mol. The topological polar surface area (TPSA) is 97.1 Å². The lowest BCUT2D eigenvalue weighted by Gasteiger charge is -2.08. The summed E-state index contributed by atoms with van der Waals surface area (Å²) in [6.45, 7) is 1.32. The van der Waals surface area contributed by atoms with Crippen LogP contribution in [0.25, 0.3) is 0 Å². The Labute approximate surface area is 140 Å². The second-order valence-corrected chi connectivity index (χ2v) is 7.79. The molecule has 9 heteroatoms. The van der Waals surface area contributed by atoms with Gasteiger partial charge in [0.1, 0.15) is 15.4 Å². The standard InChI is InChI=1S/C14H21NO6S2/c1-18-23(17,22)11-10-20-7-6-19-8-9-21-14(16)12-2-4-13(15)5-3-12/h2-5H,6-11,15H2,1H3. The minimum absolute atomic E-state index is 0.146. The van der Waals surface area contributed by atoms with E-state index in [1.165, 1.54) is 7.11 Å². The van der Waals surface area contributed by atoms with Gasteiger partial charge in [-0.15, -0.1) is 0 Å². The molecule has 0 aliphatic carbocycles. The molecule has 0 fully saturated rings. The van der Waals surface area contributed by atoms with Crippen LogP contribution < -0.4 is 5.73 Å². The van der Waals surface area contributed by atoms with Gasteiger partial charge in [-0.1, -0.05) is 0 Å². The molecule has 0 spiro atoms.